The summed E-state index contributed by atoms with van der Waals surface area (Å²) in [6.45, 7) is 3.12. The van der Waals surface area contributed by atoms with Crippen LogP contribution in [0.15, 0.2) is 30.3 Å². The summed E-state index contributed by atoms with van der Waals surface area (Å²) in [5.41, 5.74) is 1.51. The number of carbonyl (C=O) groups is 3. The Morgan fingerprint density at radius 3 is 2.48 bits per heavy atom. The summed E-state index contributed by atoms with van der Waals surface area (Å²) in [6.07, 6.45) is 0.188. The van der Waals surface area contributed by atoms with Crippen molar-refractivity contribution < 1.29 is 29.0 Å². The summed E-state index contributed by atoms with van der Waals surface area (Å²) in [5, 5.41) is 22.3. The van der Waals surface area contributed by atoms with E-state index in [4.69, 9.17) is 28.3 Å². The van der Waals surface area contributed by atoms with Crippen molar-refractivity contribution in [3.8, 4) is 5.75 Å². The third-order valence-electron chi connectivity index (χ3n) is 5.40. The summed E-state index contributed by atoms with van der Waals surface area (Å²) in [4.78, 5) is 36.4. The molecule has 0 radical (unpaired) electrons. The average molecular weight is 495 g/mol. The van der Waals surface area contributed by atoms with Crippen LogP contribution in [0.25, 0.3) is 10.9 Å². The monoisotopic (exact) mass is 494 g/mol. The molecule has 0 saturated carbocycles. The molecule has 174 valence electrons. The molecule has 0 fully saturated rings. The third kappa shape index (κ3) is 5.12. The SMILES string of the molecule is Cc1c(CCC(=O)NC[C@H](C)C(=O)O)c2cc(O)c(F)cc2n1C(=O)c1ccc(Cl)c(Cl)c1. The van der Waals surface area contributed by atoms with Gasteiger partial charge in [0.15, 0.2) is 11.6 Å². The van der Waals surface area contributed by atoms with Crippen molar-refractivity contribution >= 4 is 51.9 Å². The Balaban J connectivity index is 1.97. The zero-order valence-corrected chi connectivity index (χ0v) is 19.3. The molecule has 7 nitrogen and oxygen atoms in total. The number of carboxylic acid groups (broad SMARTS) is 1. The largest absolute Gasteiger partial charge is 0.505 e. The molecule has 1 atom stereocenters. The van der Waals surface area contributed by atoms with Crippen LogP contribution in [0.2, 0.25) is 10.0 Å². The zero-order valence-electron chi connectivity index (χ0n) is 17.8. The van der Waals surface area contributed by atoms with Gasteiger partial charge in [0.25, 0.3) is 5.91 Å². The molecule has 2 aromatic carbocycles. The summed E-state index contributed by atoms with van der Waals surface area (Å²) in [6, 6.07) is 6.66. The van der Waals surface area contributed by atoms with Crippen molar-refractivity contribution in [2.75, 3.05) is 6.54 Å². The Kier molecular flexibility index (Phi) is 7.29. The third-order valence-corrected chi connectivity index (χ3v) is 6.14. The Labute approximate surface area is 198 Å². The number of amides is 1. The lowest BCUT2D eigenvalue weighted by molar-refractivity contribution is -0.141. The predicted molar refractivity (Wildman–Crippen MR) is 123 cm³/mol. The first kappa shape index (κ1) is 24.5. The van der Waals surface area contributed by atoms with Crippen LogP contribution < -0.4 is 5.32 Å². The van der Waals surface area contributed by atoms with Crippen LogP contribution in [0.4, 0.5) is 4.39 Å². The van der Waals surface area contributed by atoms with E-state index in [-0.39, 0.29) is 46.4 Å². The fourth-order valence-electron chi connectivity index (χ4n) is 3.51. The van der Waals surface area contributed by atoms with Crippen molar-refractivity contribution in [2.45, 2.75) is 26.7 Å². The van der Waals surface area contributed by atoms with Gasteiger partial charge in [-0.1, -0.05) is 30.1 Å². The van der Waals surface area contributed by atoms with Gasteiger partial charge in [0, 0.05) is 35.7 Å². The number of aryl methyl sites for hydroxylation is 1. The minimum absolute atomic E-state index is 0.00535. The molecule has 33 heavy (non-hydrogen) atoms. The highest BCUT2D eigenvalue weighted by molar-refractivity contribution is 6.42. The number of phenols is 1. The Morgan fingerprint density at radius 2 is 1.85 bits per heavy atom. The maximum atomic E-state index is 14.2. The first-order chi connectivity index (χ1) is 15.5. The first-order valence-electron chi connectivity index (χ1n) is 10.0. The summed E-state index contributed by atoms with van der Waals surface area (Å²) in [7, 11) is 0. The van der Waals surface area contributed by atoms with Crippen LogP contribution in [0, 0.1) is 18.7 Å². The molecule has 3 N–H and O–H groups in total. The van der Waals surface area contributed by atoms with E-state index in [9.17, 15) is 23.9 Å². The molecule has 0 aliphatic rings. The molecular weight excluding hydrogens is 474 g/mol. The lowest BCUT2D eigenvalue weighted by Gasteiger charge is -2.10. The van der Waals surface area contributed by atoms with E-state index in [1.807, 2.05) is 0 Å². The van der Waals surface area contributed by atoms with Gasteiger partial charge in [-0.3, -0.25) is 19.0 Å². The fourth-order valence-corrected chi connectivity index (χ4v) is 3.80. The van der Waals surface area contributed by atoms with E-state index < -0.39 is 29.4 Å². The number of aromatic nitrogens is 1. The second-order valence-corrected chi connectivity index (χ2v) is 8.51. The Hall–Kier alpha value is -3.10. The van der Waals surface area contributed by atoms with Gasteiger partial charge in [0.1, 0.15) is 0 Å². The number of benzene rings is 2. The number of nitrogens with zero attached hydrogens (tertiary/aromatic N) is 1. The van der Waals surface area contributed by atoms with Crippen molar-refractivity contribution in [3.63, 3.8) is 0 Å². The van der Waals surface area contributed by atoms with E-state index >= 15 is 0 Å². The second-order valence-electron chi connectivity index (χ2n) is 7.70. The number of hydrogen-bond acceptors (Lipinski definition) is 4. The molecule has 3 rings (SSSR count). The molecule has 0 spiro atoms. The number of hydrogen-bond donors (Lipinski definition) is 3. The smallest absolute Gasteiger partial charge is 0.308 e. The molecule has 3 aromatic rings. The molecule has 0 bridgehead atoms. The number of fused-ring (bicyclic) bond motifs is 1. The summed E-state index contributed by atoms with van der Waals surface area (Å²) in [5.74, 6) is -4.08. The van der Waals surface area contributed by atoms with Crippen LogP contribution in [0.1, 0.15) is 35.0 Å². The minimum Gasteiger partial charge on any atom is -0.505 e. The number of aliphatic carboxylic acids is 1. The number of phenolic OH excluding ortho intramolecular Hbond substituents is 1. The van der Waals surface area contributed by atoms with Crippen molar-refractivity contribution in [2.24, 2.45) is 5.92 Å². The number of carboxylic acids is 1. The van der Waals surface area contributed by atoms with Gasteiger partial charge in [-0.2, -0.15) is 0 Å². The number of aromatic hydroxyl groups is 1. The van der Waals surface area contributed by atoms with Gasteiger partial charge < -0.3 is 15.5 Å². The summed E-state index contributed by atoms with van der Waals surface area (Å²) >= 11 is 12.0. The number of carbonyl (C=O) groups excluding carboxylic acids is 2. The molecule has 0 saturated heterocycles. The van der Waals surface area contributed by atoms with E-state index in [0.717, 1.165) is 6.07 Å². The standard InChI is InChI=1S/C23H21Cl2FN2O5/c1-11(23(32)33)10-27-21(30)6-4-14-12(2)28(19-9-18(26)20(29)8-15(14)19)22(31)13-3-5-16(24)17(25)7-13/h3,5,7-9,11,29H,4,6,10H2,1-2H3,(H,27,30)(H,32,33)/t11-/m0/s1. The molecule has 0 unspecified atom stereocenters. The normalized spacial score (nSPS) is 12.0. The van der Waals surface area contributed by atoms with Gasteiger partial charge in [0.05, 0.1) is 21.5 Å². The molecule has 10 heteroatoms. The van der Waals surface area contributed by atoms with E-state index in [0.29, 0.717) is 16.6 Å². The fraction of sp³-hybridized carbons (Fsp3) is 0.261. The summed E-state index contributed by atoms with van der Waals surface area (Å²) < 4.78 is 15.5. The van der Waals surface area contributed by atoms with Gasteiger partial charge >= 0.3 is 5.97 Å². The molecular formula is C23H21Cl2FN2O5. The Morgan fingerprint density at radius 1 is 1.15 bits per heavy atom. The lowest BCUT2D eigenvalue weighted by Crippen LogP contribution is -2.31. The number of rotatable bonds is 7. The van der Waals surface area contributed by atoms with Gasteiger partial charge in [-0.15, -0.1) is 0 Å². The van der Waals surface area contributed by atoms with Crippen LogP contribution in [-0.2, 0) is 16.0 Å². The quantitative estimate of drug-likeness (QED) is 0.446. The van der Waals surface area contributed by atoms with E-state index in [1.165, 1.54) is 35.8 Å². The van der Waals surface area contributed by atoms with E-state index in [2.05, 4.69) is 5.32 Å². The van der Waals surface area contributed by atoms with Crippen molar-refractivity contribution in [1.29, 1.82) is 0 Å². The molecule has 0 aliphatic carbocycles. The average Bonchev–Trinajstić information content (AvgIpc) is 3.02. The highest BCUT2D eigenvalue weighted by Gasteiger charge is 2.23. The Bertz CT molecular complexity index is 1270. The maximum Gasteiger partial charge on any atom is 0.308 e. The van der Waals surface area contributed by atoms with Crippen LogP contribution in [-0.4, -0.2) is 39.1 Å². The highest BCUT2D eigenvalue weighted by atomic mass is 35.5. The number of halogens is 3. The van der Waals surface area contributed by atoms with Crippen molar-refractivity contribution in [3.05, 3.63) is 63.0 Å². The van der Waals surface area contributed by atoms with Crippen LogP contribution in [0.5, 0.6) is 5.75 Å². The molecule has 1 aromatic heterocycles. The molecule has 0 aliphatic heterocycles. The van der Waals surface area contributed by atoms with Crippen LogP contribution in [0.3, 0.4) is 0 Å². The molecule has 1 heterocycles. The van der Waals surface area contributed by atoms with Gasteiger partial charge in [0.2, 0.25) is 5.91 Å². The van der Waals surface area contributed by atoms with Gasteiger partial charge in [-0.25, -0.2) is 4.39 Å². The lowest BCUT2D eigenvalue weighted by atomic mass is 10.0. The van der Waals surface area contributed by atoms with E-state index in [1.54, 1.807) is 6.92 Å². The van der Waals surface area contributed by atoms with Gasteiger partial charge in [-0.05, 0) is 43.2 Å². The topological polar surface area (TPSA) is 109 Å². The number of nitrogens with one attached hydrogen (secondary N) is 1. The predicted octanol–water partition coefficient (Wildman–Crippen LogP) is 4.56. The maximum absolute atomic E-state index is 14.2. The second kappa shape index (κ2) is 9.80. The molecule has 1 amide bonds. The highest BCUT2D eigenvalue weighted by Crippen LogP contribution is 2.33. The first-order valence-corrected chi connectivity index (χ1v) is 10.8. The van der Waals surface area contributed by atoms with Crippen LogP contribution >= 0.6 is 23.2 Å². The minimum atomic E-state index is -1.02. The zero-order chi connectivity index (χ0) is 24.4. The van der Waals surface area contributed by atoms with Crippen molar-refractivity contribution in [1.82, 2.24) is 9.88 Å².